The Balaban J connectivity index is 3.12. The fourth-order valence-corrected chi connectivity index (χ4v) is 6.94. The molecule has 16 heavy (non-hydrogen) atoms. The molecule has 2 heteroatoms. The minimum absolute atomic E-state index is 1.12. The van der Waals surface area contributed by atoms with Crippen LogP contribution in [0.3, 0.4) is 0 Å². The van der Waals surface area contributed by atoms with Crippen LogP contribution in [0.1, 0.15) is 6.42 Å². The first-order valence-electron chi connectivity index (χ1n) is 5.89. The SMILES string of the molecule is [Li][C]1=C([Si](CC=C)(CC=C)CC=C)C=CC1. The van der Waals surface area contributed by atoms with Crippen LogP contribution in [0.15, 0.2) is 59.6 Å². The average molecular weight is 222 g/mol. The van der Waals surface area contributed by atoms with Crippen molar-refractivity contribution in [2.75, 3.05) is 0 Å². The summed E-state index contributed by atoms with van der Waals surface area (Å²) in [6.45, 7) is 11.8. The molecule has 0 atom stereocenters. The molecule has 0 N–H and O–H groups in total. The first kappa shape index (κ1) is 13.6. The predicted molar refractivity (Wildman–Crippen MR) is 77.3 cm³/mol. The summed E-state index contributed by atoms with van der Waals surface area (Å²) in [5.74, 6) is 0. The summed E-state index contributed by atoms with van der Waals surface area (Å²) >= 11 is 2.26. The van der Waals surface area contributed by atoms with E-state index in [9.17, 15) is 0 Å². The molecule has 0 nitrogen and oxygen atoms in total. The van der Waals surface area contributed by atoms with Gasteiger partial charge < -0.3 is 0 Å². The van der Waals surface area contributed by atoms with Gasteiger partial charge in [0.05, 0.1) is 0 Å². The molecule has 0 spiro atoms. The quantitative estimate of drug-likeness (QED) is 0.452. The summed E-state index contributed by atoms with van der Waals surface area (Å²) in [7, 11) is -1.49. The molecule has 0 saturated heterocycles. The number of rotatable bonds is 7. The number of hydrogen-bond acceptors (Lipinski definition) is 0. The van der Waals surface area contributed by atoms with E-state index < -0.39 is 8.07 Å². The molecule has 0 fully saturated rings. The molecule has 0 aromatic heterocycles. The van der Waals surface area contributed by atoms with Crippen molar-refractivity contribution in [3.8, 4) is 0 Å². The first-order valence-corrected chi connectivity index (χ1v) is 8.52. The van der Waals surface area contributed by atoms with E-state index in [0.717, 1.165) is 24.6 Å². The molecule has 0 bridgehead atoms. The molecule has 0 heterocycles. The Bertz CT molecular complexity index is 323. The molecular formula is C14H19LiSi. The normalized spacial score (nSPS) is 15.4. The van der Waals surface area contributed by atoms with Gasteiger partial charge in [0, 0.05) is 0 Å². The van der Waals surface area contributed by atoms with Crippen LogP contribution in [0.4, 0.5) is 0 Å². The van der Waals surface area contributed by atoms with Crippen LogP contribution in [0.2, 0.25) is 18.1 Å². The van der Waals surface area contributed by atoms with Crippen molar-refractivity contribution in [2.24, 2.45) is 0 Å². The van der Waals surface area contributed by atoms with Crippen molar-refractivity contribution in [1.82, 2.24) is 0 Å². The molecule has 0 amide bonds. The first-order chi connectivity index (χ1) is 7.70. The van der Waals surface area contributed by atoms with Gasteiger partial charge in [0.1, 0.15) is 0 Å². The van der Waals surface area contributed by atoms with E-state index in [1.807, 2.05) is 0 Å². The average Bonchev–Trinajstić information content (AvgIpc) is 2.66. The van der Waals surface area contributed by atoms with E-state index in [0.29, 0.717) is 0 Å². The molecule has 1 aliphatic rings. The van der Waals surface area contributed by atoms with E-state index >= 15 is 0 Å². The van der Waals surface area contributed by atoms with E-state index in [-0.39, 0.29) is 0 Å². The maximum atomic E-state index is 3.93. The standard InChI is InChI=1S/C14H19Si.Li/c1-4-11-15(12-5-2,13-6-3)14-9-7-8-10-14;/h4-7,9H,1-3,8,11-13H2;. The van der Waals surface area contributed by atoms with Crippen molar-refractivity contribution in [2.45, 2.75) is 24.6 Å². The molecule has 1 aliphatic carbocycles. The Morgan fingerprint density at radius 3 is 1.94 bits per heavy atom. The Morgan fingerprint density at radius 2 is 1.62 bits per heavy atom. The molecule has 0 aliphatic heterocycles. The molecule has 80 valence electrons. The van der Waals surface area contributed by atoms with Crippen LogP contribution in [0, 0.1) is 0 Å². The number of hydrogen-bond donors (Lipinski definition) is 0. The van der Waals surface area contributed by atoms with Crippen LogP contribution in [0.5, 0.6) is 0 Å². The van der Waals surface area contributed by atoms with Gasteiger partial charge in [0.15, 0.2) is 0 Å². The Labute approximate surface area is 110 Å². The topological polar surface area (TPSA) is 0 Å². The van der Waals surface area contributed by atoms with Crippen LogP contribution in [0.25, 0.3) is 0 Å². The van der Waals surface area contributed by atoms with Gasteiger partial charge in [0.2, 0.25) is 0 Å². The summed E-state index contributed by atoms with van der Waals surface area (Å²) < 4.78 is 1.54. The van der Waals surface area contributed by atoms with Gasteiger partial charge in [-0.2, -0.15) is 0 Å². The third-order valence-corrected chi connectivity index (χ3v) is 8.29. The van der Waals surface area contributed by atoms with Crippen molar-refractivity contribution in [1.29, 1.82) is 0 Å². The van der Waals surface area contributed by atoms with Gasteiger partial charge in [-0.3, -0.25) is 0 Å². The monoisotopic (exact) mass is 222 g/mol. The van der Waals surface area contributed by atoms with Gasteiger partial charge in [0.25, 0.3) is 0 Å². The Kier molecular flexibility index (Phi) is 5.35. The summed E-state index contributed by atoms with van der Waals surface area (Å²) in [5.41, 5.74) is 0. The van der Waals surface area contributed by atoms with Gasteiger partial charge in [-0.05, 0) is 0 Å². The van der Waals surface area contributed by atoms with Gasteiger partial charge >= 0.3 is 110 Å². The second kappa shape index (κ2) is 6.30. The molecule has 1 rings (SSSR count). The van der Waals surface area contributed by atoms with Crippen molar-refractivity contribution >= 4 is 25.8 Å². The fourth-order valence-electron chi connectivity index (χ4n) is 2.64. The summed E-state index contributed by atoms with van der Waals surface area (Å²) in [6.07, 6.45) is 12.0. The zero-order valence-electron chi connectivity index (χ0n) is 10.3. The third kappa shape index (κ3) is 2.80. The fraction of sp³-hybridized carbons (Fsp3) is 0.286. The van der Waals surface area contributed by atoms with Gasteiger partial charge in [-0.15, -0.1) is 0 Å². The zero-order valence-corrected chi connectivity index (χ0v) is 11.3. The molecule has 0 aromatic carbocycles. The summed E-state index contributed by atoms with van der Waals surface area (Å²) in [4.78, 5) is 0. The second-order valence-corrected chi connectivity index (χ2v) is 8.88. The molecule has 0 saturated carbocycles. The van der Waals surface area contributed by atoms with E-state index in [4.69, 9.17) is 0 Å². The Hall–Kier alpha value is -0.486. The molecule has 0 radical (unpaired) electrons. The van der Waals surface area contributed by atoms with Crippen molar-refractivity contribution < 1.29 is 0 Å². The summed E-state index contributed by atoms with van der Waals surface area (Å²) in [5, 5.41) is 1.60. The van der Waals surface area contributed by atoms with Gasteiger partial charge in [-0.1, -0.05) is 0 Å². The molecule has 0 aromatic rings. The van der Waals surface area contributed by atoms with E-state index in [2.05, 4.69) is 67.8 Å². The second-order valence-electron chi connectivity index (χ2n) is 4.56. The predicted octanol–water partition coefficient (Wildman–Crippen LogP) is 3.91. The van der Waals surface area contributed by atoms with Crippen LogP contribution in [-0.2, 0) is 0 Å². The molecule has 0 unspecified atom stereocenters. The molecular weight excluding hydrogens is 203 g/mol. The van der Waals surface area contributed by atoms with E-state index in [1.54, 1.807) is 5.20 Å². The van der Waals surface area contributed by atoms with E-state index in [1.165, 1.54) is 4.25 Å². The summed E-state index contributed by atoms with van der Waals surface area (Å²) in [6, 6.07) is 3.38. The van der Waals surface area contributed by atoms with Crippen LogP contribution < -0.4 is 0 Å². The van der Waals surface area contributed by atoms with Crippen molar-refractivity contribution in [3.05, 3.63) is 59.6 Å². The third-order valence-electron chi connectivity index (χ3n) is 3.34. The minimum atomic E-state index is -1.49. The zero-order chi connectivity index (χ0) is 12.0. The maximum absolute atomic E-state index is 3.93. The Morgan fingerprint density at radius 1 is 1.12 bits per heavy atom. The van der Waals surface area contributed by atoms with Crippen LogP contribution in [-0.4, -0.2) is 25.8 Å². The van der Waals surface area contributed by atoms with Crippen molar-refractivity contribution in [3.63, 3.8) is 0 Å². The number of allylic oxidation sites excluding steroid dienone is 7. The van der Waals surface area contributed by atoms with Crippen LogP contribution >= 0.6 is 0 Å². The van der Waals surface area contributed by atoms with Gasteiger partial charge in [-0.25, -0.2) is 0 Å².